The SMILES string of the molecule is COc1ccc(C2CC(c3ccccc3)=NN2C(=O)CSc2nnnn2CC2CCCO2)cc1. The summed E-state index contributed by atoms with van der Waals surface area (Å²) in [7, 11) is 1.64. The molecule has 1 fully saturated rings. The molecule has 3 heterocycles. The first-order valence-corrected chi connectivity index (χ1v) is 12.3. The second-order valence-electron chi connectivity index (χ2n) is 8.21. The predicted octanol–water partition coefficient (Wildman–Crippen LogP) is 3.33. The van der Waals surface area contributed by atoms with Crippen LogP contribution in [0.2, 0.25) is 0 Å². The van der Waals surface area contributed by atoms with Crippen molar-refractivity contribution >= 4 is 23.4 Å². The Morgan fingerprint density at radius 2 is 2.00 bits per heavy atom. The van der Waals surface area contributed by atoms with Gasteiger partial charge in [0.2, 0.25) is 5.16 Å². The summed E-state index contributed by atoms with van der Waals surface area (Å²) in [6.07, 6.45) is 2.81. The van der Waals surface area contributed by atoms with Crippen molar-refractivity contribution in [3.63, 3.8) is 0 Å². The van der Waals surface area contributed by atoms with Gasteiger partial charge in [-0.2, -0.15) is 5.10 Å². The number of ether oxygens (including phenoxy) is 2. The molecular formula is C24H26N6O3S. The normalized spacial score (nSPS) is 19.9. The van der Waals surface area contributed by atoms with E-state index in [0.717, 1.165) is 42.0 Å². The Morgan fingerprint density at radius 1 is 1.18 bits per heavy atom. The van der Waals surface area contributed by atoms with Crippen LogP contribution in [0.4, 0.5) is 0 Å². The molecule has 0 radical (unpaired) electrons. The summed E-state index contributed by atoms with van der Waals surface area (Å²) in [5.41, 5.74) is 2.92. The molecule has 10 heteroatoms. The van der Waals surface area contributed by atoms with Crippen LogP contribution in [0, 0.1) is 0 Å². The number of thioether (sulfide) groups is 1. The monoisotopic (exact) mass is 478 g/mol. The number of hydrogen-bond acceptors (Lipinski definition) is 8. The number of carbonyl (C=O) groups excluding carboxylic acids is 1. The van der Waals surface area contributed by atoms with Gasteiger partial charge in [0.1, 0.15) is 5.75 Å². The Bertz CT molecular complexity index is 1150. The van der Waals surface area contributed by atoms with Gasteiger partial charge < -0.3 is 9.47 Å². The fraction of sp³-hybridized carbons (Fsp3) is 0.375. The fourth-order valence-electron chi connectivity index (χ4n) is 4.22. The highest BCUT2D eigenvalue weighted by Gasteiger charge is 2.33. The number of nitrogens with zero attached hydrogens (tertiary/aromatic N) is 6. The molecule has 2 aliphatic rings. The summed E-state index contributed by atoms with van der Waals surface area (Å²) in [4.78, 5) is 13.4. The molecular weight excluding hydrogens is 452 g/mol. The van der Waals surface area contributed by atoms with Gasteiger partial charge in [-0.05, 0) is 46.5 Å². The number of hydrazone groups is 1. The smallest absolute Gasteiger partial charge is 0.253 e. The Labute approximate surface area is 202 Å². The summed E-state index contributed by atoms with van der Waals surface area (Å²) < 4.78 is 12.7. The average Bonchev–Trinajstić information content (AvgIpc) is 3.65. The molecule has 3 aromatic rings. The number of methoxy groups -OCH3 is 1. The third-order valence-corrected chi connectivity index (χ3v) is 6.94. The maximum Gasteiger partial charge on any atom is 0.253 e. The molecule has 1 saturated heterocycles. The lowest BCUT2D eigenvalue weighted by Gasteiger charge is -2.22. The first kappa shape index (κ1) is 22.5. The van der Waals surface area contributed by atoms with Gasteiger partial charge in [-0.3, -0.25) is 4.79 Å². The van der Waals surface area contributed by atoms with E-state index >= 15 is 0 Å². The van der Waals surface area contributed by atoms with Gasteiger partial charge in [0, 0.05) is 13.0 Å². The molecule has 2 atom stereocenters. The minimum absolute atomic E-state index is 0.0941. The van der Waals surface area contributed by atoms with Crippen LogP contribution in [0.25, 0.3) is 0 Å². The third kappa shape index (κ3) is 4.97. The highest BCUT2D eigenvalue weighted by atomic mass is 32.2. The lowest BCUT2D eigenvalue weighted by Crippen LogP contribution is -2.28. The van der Waals surface area contributed by atoms with Crippen molar-refractivity contribution in [1.29, 1.82) is 0 Å². The average molecular weight is 479 g/mol. The van der Waals surface area contributed by atoms with Crippen molar-refractivity contribution < 1.29 is 14.3 Å². The summed E-state index contributed by atoms with van der Waals surface area (Å²) in [6.45, 7) is 1.37. The van der Waals surface area contributed by atoms with E-state index in [2.05, 4.69) is 15.5 Å². The Balaban J connectivity index is 1.32. The zero-order valence-corrected chi connectivity index (χ0v) is 19.7. The molecule has 2 unspecified atom stereocenters. The van der Waals surface area contributed by atoms with Crippen LogP contribution in [-0.2, 0) is 16.1 Å². The second kappa shape index (κ2) is 10.4. The molecule has 176 valence electrons. The minimum atomic E-state index is -0.183. The number of amides is 1. The van der Waals surface area contributed by atoms with Gasteiger partial charge in [-0.25, -0.2) is 9.69 Å². The van der Waals surface area contributed by atoms with Gasteiger partial charge in [0.15, 0.2) is 0 Å². The van der Waals surface area contributed by atoms with Crippen molar-refractivity contribution in [2.75, 3.05) is 19.5 Å². The third-order valence-electron chi connectivity index (χ3n) is 6.00. The first-order valence-electron chi connectivity index (χ1n) is 11.3. The van der Waals surface area contributed by atoms with Crippen LogP contribution in [0.3, 0.4) is 0 Å². The van der Waals surface area contributed by atoms with Crippen LogP contribution in [-0.4, -0.2) is 62.4 Å². The number of benzene rings is 2. The van der Waals surface area contributed by atoms with Gasteiger partial charge in [-0.1, -0.05) is 54.2 Å². The number of rotatable bonds is 8. The van der Waals surface area contributed by atoms with Gasteiger partial charge in [-0.15, -0.1) is 5.10 Å². The molecule has 9 nitrogen and oxygen atoms in total. The molecule has 0 aliphatic carbocycles. The van der Waals surface area contributed by atoms with Crippen molar-refractivity contribution in [3.05, 3.63) is 65.7 Å². The van der Waals surface area contributed by atoms with E-state index in [-0.39, 0.29) is 23.8 Å². The van der Waals surface area contributed by atoms with Gasteiger partial charge >= 0.3 is 0 Å². The molecule has 34 heavy (non-hydrogen) atoms. The Morgan fingerprint density at radius 3 is 2.74 bits per heavy atom. The van der Waals surface area contributed by atoms with E-state index in [9.17, 15) is 4.79 Å². The number of tetrazole rings is 1. The molecule has 2 aliphatic heterocycles. The summed E-state index contributed by atoms with van der Waals surface area (Å²) >= 11 is 1.32. The molecule has 0 N–H and O–H groups in total. The quantitative estimate of drug-likeness (QED) is 0.458. The minimum Gasteiger partial charge on any atom is -0.497 e. The van der Waals surface area contributed by atoms with Crippen LogP contribution in [0.1, 0.15) is 36.4 Å². The molecule has 5 rings (SSSR count). The number of aromatic nitrogens is 4. The van der Waals surface area contributed by atoms with Crippen molar-refractivity contribution in [2.24, 2.45) is 5.10 Å². The lowest BCUT2D eigenvalue weighted by atomic mass is 9.98. The molecule has 0 spiro atoms. The molecule has 0 bridgehead atoms. The molecule has 0 saturated carbocycles. The summed E-state index contributed by atoms with van der Waals surface area (Å²) in [5, 5.41) is 18.9. The number of hydrogen-bond donors (Lipinski definition) is 0. The van der Waals surface area contributed by atoms with Crippen LogP contribution >= 0.6 is 11.8 Å². The van der Waals surface area contributed by atoms with Crippen LogP contribution < -0.4 is 4.74 Å². The second-order valence-corrected chi connectivity index (χ2v) is 9.15. The van der Waals surface area contributed by atoms with E-state index in [1.54, 1.807) is 16.8 Å². The van der Waals surface area contributed by atoms with Crippen molar-refractivity contribution in [1.82, 2.24) is 25.2 Å². The highest BCUT2D eigenvalue weighted by molar-refractivity contribution is 7.99. The van der Waals surface area contributed by atoms with E-state index in [4.69, 9.17) is 14.6 Å². The Hall–Kier alpha value is -3.24. The molecule has 1 aromatic heterocycles. The van der Waals surface area contributed by atoms with E-state index in [0.29, 0.717) is 18.1 Å². The van der Waals surface area contributed by atoms with E-state index < -0.39 is 0 Å². The predicted molar refractivity (Wildman–Crippen MR) is 128 cm³/mol. The topological polar surface area (TPSA) is 94.7 Å². The van der Waals surface area contributed by atoms with E-state index in [1.807, 2.05) is 54.6 Å². The van der Waals surface area contributed by atoms with Crippen molar-refractivity contribution in [2.45, 2.75) is 43.1 Å². The largest absolute Gasteiger partial charge is 0.497 e. The lowest BCUT2D eigenvalue weighted by molar-refractivity contribution is -0.130. The van der Waals surface area contributed by atoms with E-state index in [1.165, 1.54) is 11.8 Å². The zero-order valence-electron chi connectivity index (χ0n) is 18.9. The molecule has 1 amide bonds. The maximum atomic E-state index is 13.4. The standard InChI is InChI=1S/C24H26N6O3S/c1-32-19-11-9-18(10-12-19)22-14-21(17-6-3-2-4-7-17)26-30(22)23(31)16-34-24-25-27-28-29(24)15-20-8-5-13-33-20/h2-4,6-7,9-12,20,22H,5,8,13-16H2,1H3. The van der Waals surface area contributed by atoms with Crippen molar-refractivity contribution in [3.8, 4) is 5.75 Å². The maximum absolute atomic E-state index is 13.4. The highest BCUT2D eigenvalue weighted by Crippen LogP contribution is 2.34. The zero-order chi connectivity index (χ0) is 23.3. The summed E-state index contributed by atoms with van der Waals surface area (Å²) in [5.74, 6) is 0.866. The number of carbonyl (C=O) groups is 1. The summed E-state index contributed by atoms with van der Waals surface area (Å²) in [6, 6.07) is 17.6. The first-order chi connectivity index (χ1) is 16.7. The van der Waals surface area contributed by atoms with Gasteiger partial charge in [0.25, 0.3) is 5.91 Å². The van der Waals surface area contributed by atoms with Gasteiger partial charge in [0.05, 0.1) is 37.3 Å². The Kier molecular flexibility index (Phi) is 6.87. The fourth-order valence-corrected chi connectivity index (χ4v) is 4.96. The molecule has 2 aromatic carbocycles. The van der Waals surface area contributed by atoms with Crippen LogP contribution in [0.5, 0.6) is 5.75 Å². The van der Waals surface area contributed by atoms with Crippen LogP contribution in [0.15, 0.2) is 64.9 Å².